The number of nitrogens with two attached hydrogens (primary N) is 2. The Bertz CT molecular complexity index is 563. The van der Waals surface area contributed by atoms with Crippen LogP contribution in [0.3, 0.4) is 0 Å². The molecule has 5 N–H and O–H groups in total. The first kappa shape index (κ1) is 15.9. The molecule has 0 aromatic carbocycles. The van der Waals surface area contributed by atoms with Crippen LogP contribution < -0.4 is 16.8 Å². The molecule has 11 heteroatoms. The van der Waals surface area contributed by atoms with E-state index in [0.717, 1.165) is 0 Å². The van der Waals surface area contributed by atoms with Gasteiger partial charge in [0.2, 0.25) is 0 Å². The summed E-state index contributed by atoms with van der Waals surface area (Å²) in [4.78, 5) is 38.6. The molecule has 2 amide bonds. The van der Waals surface area contributed by atoms with Crippen LogP contribution >= 0.6 is 0 Å². The second-order valence-corrected chi connectivity index (χ2v) is 3.79. The van der Waals surface area contributed by atoms with Crippen molar-refractivity contribution in [2.45, 2.75) is 6.17 Å². The summed E-state index contributed by atoms with van der Waals surface area (Å²) >= 11 is 0. The highest BCUT2D eigenvalue weighted by molar-refractivity contribution is 6.06. The van der Waals surface area contributed by atoms with Crippen molar-refractivity contribution in [3.63, 3.8) is 0 Å². The van der Waals surface area contributed by atoms with Gasteiger partial charge in [0.1, 0.15) is 12.3 Å². The summed E-state index contributed by atoms with van der Waals surface area (Å²) in [6.07, 6.45) is 3.24. The smallest absolute Gasteiger partial charge is 0.294 e. The predicted molar refractivity (Wildman–Crippen MR) is 66.7 cm³/mol. The standard InChI is InChI=1S/C10H12N6O5/c11-5-14-10(18)6-1-2-7(12)15(8(6)9(13)17)3-4-21-16(19)20/h1-2,7H,3-4,12H2,(H2,13,17)(H,14,18). The quantitative estimate of drug-likeness (QED) is 0.212. The van der Waals surface area contributed by atoms with Crippen molar-refractivity contribution in [2.24, 2.45) is 11.5 Å². The molecule has 1 aliphatic rings. The molecule has 0 saturated carbocycles. The van der Waals surface area contributed by atoms with Gasteiger partial charge in [0.25, 0.3) is 16.9 Å². The zero-order chi connectivity index (χ0) is 16.0. The molecule has 0 spiro atoms. The monoisotopic (exact) mass is 296 g/mol. The van der Waals surface area contributed by atoms with Gasteiger partial charge in [0.05, 0.1) is 11.7 Å². The Labute approximate surface area is 118 Å². The van der Waals surface area contributed by atoms with Crippen LogP contribution in [-0.2, 0) is 14.4 Å². The van der Waals surface area contributed by atoms with Crippen molar-refractivity contribution in [3.8, 4) is 6.19 Å². The highest BCUT2D eigenvalue weighted by Crippen LogP contribution is 2.19. The lowest BCUT2D eigenvalue weighted by atomic mass is 10.1. The van der Waals surface area contributed by atoms with E-state index in [1.54, 1.807) is 0 Å². The number of nitrogens with one attached hydrogen (secondary N) is 1. The fourth-order valence-corrected chi connectivity index (χ4v) is 1.73. The molecule has 112 valence electrons. The summed E-state index contributed by atoms with van der Waals surface area (Å²) in [5.41, 5.74) is 10.5. The second kappa shape index (κ2) is 6.87. The topological polar surface area (TPSA) is 178 Å². The van der Waals surface area contributed by atoms with Gasteiger partial charge in [-0.1, -0.05) is 0 Å². The van der Waals surface area contributed by atoms with Crippen molar-refractivity contribution in [2.75, 3.05) is 13.2 Å². The molecule has 0 saturated heterocycles. The van der Waals surface area contributed by atoms with Gasteiger partial charge in [-0.05, 0) is 12.2 Å². The van der Waals surface area contributed by atoms with E-state index < -0.39 is 23.1 Å². The van der Waals surface area contributed by atoms with Crippen LogP contribution in [0.5, 0.6) is 0 Å². The number of rotatable bonds is 6. The summed E-state index contributed by atoms with van der Waals surface area (Å²) in [6, 6.07) is 0. The Balaban J connectivity index is 3.06. The number of carbonyl (C=O) groups excluding carboxylic acids is 2. The summed E-state index contributed by atoms with van der Waals surface area (Å²) in [5, 5.41) is 19.4. The Kier molecular flexibility index (Phi) is 5.21. The van der Waals surface area contributed by atoms with E-state index in [4.69, 9.17) is 16.7 Å². The van der Waals surface area contributed by atoms with E-state index in [0.29, 0.717) is 0 Å². The SMILES string of the molecule is N#CNC(=O)C1=C(C(N)=O)N(CCO[N+](=O)[O-])C(N)C=C1. The zero-order valence-corrected chi connectivity index (χ0v) is 10.7. The van der Waals surface area contributed by atoms with Gasteiger partial charge < -0.3 is 21.2 Å². The third-order valence-electron chi connectivity index (χ3n) is 2.54. The summed E-state index contributed by atoms with van der Waals surface area (Å²) in [5.74, 6) is -1.80. The molecule has 1 atom stereocenters. The summed E-state index contributed by atoms with van der Waals surface area (Å²) in [7, 11) is 0. The van der Waals surface area contributed by atoms with Gasteiger partial charge in [-0.15, -0.1) is 10.1 Å². The third kappa shape index (κ3) is 3.91. The van der Waals surface area contributed by atoms with E-state index in [1.807, 2.05) is 5.32 Å². The fourth-order valence-electron chi connectivity index (χ4n) is 1.73. The number of hydrogen-bond donors (Lipinski definition) is 3. The van der Waals surface area contributed by atoms with Crippen LogP contribution in [-0.4, -0.2) is 41.1 Å². The van der Waals surface area contributed by atoms with Crippen molar-refractivity contribution >= 4 is 11.8 Å². The lowest BCUT2D eigenvalue weighted by Gasteiger charge is -2.33. The fraction of sp³-hybridized carbons (Fsp3) is 0.300. The van der Waals surface area contributed by atoms with Crippen LogP contribution in [0.4, 0.5) is 0 Å². The minimum atomic E-state index is -0.998. The first-order valence-corrected chi connectivity index (χ1v) is 5.59. The molecule has 1 heterocycles. The van der Waals surface area contributed by atoms with E-state index in [2.05, 4.69) is 4.84 Å². The number of carbonyl (C=O) groups is 2. The summed E-state index contributed by atoms with van der Waals surface area (Å²) in [6.45, 7) is -0.521. The van der Waals surface area contributed by atoms with Crippen molar-refractivity contribution in [1.29, 1.82) is 5.26 Å². The van der Waals surface area contributed by atoms with Crippen LogP contribution in [0.15, 0.2) is 23.4 Å². The first-order valence-electron chi connectivity index (χ1n) is 5.59. The zero-order valence-electron chi connectivity index (χ0n) is 10.7. The minimum Gasteiger partial charge on any atom is -0.364 e. The maximum atomic E-state index is 11.7. The maximum Gasteiger partial charge on any atom is 0.294 e. The average molecular weight is 296 g/mol. The molecule has 0 aromatic heterocycles. The lowest BCUT2D eigenvalue weighted by Crippen LogP contribution is -2.48. The molecule has 1 unspecified atom stereocenters. The normalized spacial score (nSPS) is 17.1. The molecule has 0 bridgehead atoms. The minimum absolute atomic E-state index is 0.145. The molecular formula is C10H12N6O5. The highest BCUT2D eigenvalue weighted by Gasteiger charge is 2.29. The van der Waals surface area contributed by atoms with E-state index in [-0.39, 0.29) is 24.4 Å². The third-order valence-corrected chi connectivity index (χ3v) is 2.54. The first-order chi connectivity index (χ1) is 9.88. The predicted octanol–water partition coefficient (Wildman–Crippen LogP) is -2.31. The number of nitrogens with zero attached hydrogens (tertiary/aromatic N) is 3. The number of amides is 2. The highest BCUT2D eigenvalue weighted by atomic mass is 16.9. The molecular weight excluding hydrogens is 284 g/mol. The van der Waals surface area contributed by atoms with E-state index in [1.165, 1.54) is 23.2 Å². The van der Waals surface area contributed by atoms with Gasteiger partial charge in [-0.25, -0.2) is 0 Å². The number of primary amides is 1. The Hall–Kier alpha value is -3.13. The largest absolute Gasteiger partial charge is 0.364 e. The molecule has 0 aromatic rings. The number of hydrogen-bond acceptors (Lipinski definition) is 8. The summed E-state index contributed by atoms with van der Waals surface area (Å²) < 4.78 is 0. The van der Waals surface area contributed by atoms with Gasteiger partial charge in [-0.3, -0.25) is 14.9 Å². The van der Waals surface area contributed by atoms with Crippen molar-refractivity contribution in [3.05, 3.63) is 33.5 Å². The molecule has 0 radical (unpaired) electrons. The molecule has 1 rings (SSSR count). The second-order valence-electron chi connectivity index (χ2n) is 3.79. The van der Waals surface area contributed by atoms with Crippen LogP contribution in [0, 0.1) is 21.6 Å². The Morgan fingerprint density at radius 3 is 2.81 bits per heavy atom. The Morgan fingerprint density at radius 2 is 2.29 bits per heavy atom. The van der Waals surface area contributed by atoms with Gasteiger partial charge in [0.15, 0.2) is 6.19 Å². The van der Waals surface area contributed by atoms with Crippen LogP contribution in [0.2, 0.25) is 0 Å². The van der Waals surface area contributed by atoms with Gasteiger partial charge in [-0.2, -0.15) is 5.26 Å². The van der Waals surface area contributed by atoms with E-state index >= 15 is 0 Å². The molecule has 1 aliphatic heterocycles. The Morgan fingerprint density at radius 1 is 1.62 bits per heavy atom. The molecule has 0 aliphatic carbocycles. The average Bonchev–Trinajstić information content (AvgIpc) is 2.39. The van der Waals surface area contributed by atoms with Crippen molar-refractivity contribution in [1.82, 2.24) is 10.2 Å². The van der Waals surface area contributed by atoms with Crippen LogP contribution in [0.25, 0.3) is 0 Å². The van der Waals surface area contributed by atoms with Crippen LogP contribution in [0.1, 0.15) is 0 Å². The van der Waals surface area contributed by atoms with Gasteiger partial charge >= 0.3 is 0 Å². The maximum absolute atomic E-state index is 11.7. The molecule has 0 fully saturated rings. The van der Waals surface area contributed by atoms with E-state index in [9.17, 15) is 19.7 Å². The lowest BCUT2D eigenvalue weighted by molar-refractivity contribution is -0.757. The molecule has 21 heavy (non-hydrogen) atoms. The van der Waals surface area contributed by atoms with Gasteiger partial charge in [0, 0.05) is 6.54 Å². The van der Waals surface area contributed by atoms with Crippen molar-refractivity contribution < 1.29 is 19.5 Å². The number of nitriles is 1. The molecule has 11 nitrogen and oxygen atoms in total.